The van der Waals surface area contributed by atoms with Crippen molar-refractivity contribution in [3.05, 3.63) is 35.3 Å². The van der Waals surface area contributed by atoms with Crippen LogP contribution in [-0.4, -0.2) is 51.7 Å². The Morgan fingerprint density at radius 2 is 1.88 bits per heavy atom. The van der Waals surface area contributed by atoms with Gasteiger partial charge in [0, 0.05) is 12.0 Å². The van der Waals surface area contributed by atoms with Gasteiger partial charge in [-0.15, -0.1) is 10.2 Å². The van der Waals surface area contributed by atoms with E-state index in [1.807, 2.05) is 13.0 Å². The van der Waals surface area contributed by atoms with E-state index in [1.54, 1.807) is 0 Å². The summed E-state index contributed by atoms with van der Waals surface area (Å²) in [6.45, 7) is 6.00. The van der Waals surface area contributed by atoms with E-state index in [0.717, 1.165) is 56.4 Å². The standard InChI is InChI=1S/C19H29N5O/c1-14-4-7-17(25-14)12-23-10-8-15(9-11-23)19-21-20-18(13-22(2)3)24(19)16-5-6-16/h4,7,15-16H,5-6,8-13H2,1-3H3. The molecule has 1 aliphatic heterocycles. The lowest BCUT2D eigenvalue weighted by atomic mass is 9.95. The molecule has 0 bridgehead atoms. The minimum absolute atomic E-state index is 0.540. The van der Waals surface area contributed by atoms with Crippen LogP contribution in [-0.2, 0) is 13.1 Å². The second kappa shape index (κ2) is 6.92. The summed E-state index contributed by atoms with van der Waals surface area (Å²) in [6, 6.07) is 4.79. The fraction of sp³-hybridized carbons (Fsp3) is 0.684. The third-order valence-electron chi connectivity index (χ3n) is 5.29. The summed E-state index contributed by atoms with van der Waals surface area (Å²) in [5.41, 5.74) is 0. The number of aryl methyl sites for hydroxylation is 1. The number of piperidine rings is 1. The summed E-state index contributed by atoms with van der Waals surface area (Å²) in [7, 11) is 4.20. The summed E-state index contributed by atoms with van der Waals surface area (Å²) >= 11 is 0. The number of aromatic nitrogens is 3. The zero-order valence-corrected chi connectivity index (χ0v) is 15.6. The highest BCUT2D eigenvalue weighted by Crippen LogP contribution is 2.40. The fourth-order valence-corrected chi connectivity index (χ4v) is 3.88. The van der Waals surface area contributed by atoms with Crippen molar-refractivity contribution < 1.29 is 4.42 Å². The molecule has 6 nitrogen and oxygen atoms in total. The van der Waals surface area contributed by atoms with Crippen LogP contribution in [0, 0.1) is 6.92 Å². The van der Waals surface area contributed by atoms with Gasteiger partial charge in [-0.05, 0) is 71.9 Å². The average Bonchev–Trinajstić information content (AvgIpc) is 3.21. The van der Waals surface area contributed by atoms with E-state index in [0.29, 0.717) is 12.0 Å². The number of nitrogens with zero attached hydrogens (tertiary/aromatic N) is 5. The highest BCUT2D eigenvalue weighted by molar-refractivity contribution is 5.09. The van der Waals surface area contributed by atoms with E-state index in [9.17, 15) is 0 Å². The molecule has 2 aromatic heterocycles. The van der Waals surface area contributed by atoms with Gasteiger partial charge in [-0.3, -0.25) is 4.90 Å². The molecule has 0 amide bonds. The van der Waals surface area contributed by atoms with Crippen molar-refractivity contribution in [3.8, 4) is 0 Å². The SMILES string of the molecule is Cc1ccc(CN2CCC(c3nnc(CN(C)C)n3C3CC3)CC2)o1. The summed E-state index contributed by atoms with van der Waals surface area (Å²) < 4.78 is 8.18. The maximum atomic E-state index is 5.72. The topological polar surface area (TPSA) is 50.3 Å². The molecule has 2 aromatic rings. The van der Waals surface area contributed by atoms with Crippen molar-refractivity contribution >= 4 is 0 Å². The Bertz CT molecular complexity index is 707. The molecule has 3 heterocycles. The number of furan rings is 1. The zero-order chi connectivity index (χ0) is 17.4. The molecule has 1 saturated carbocycles. The van der Waals surface area contributed by atoms with E-state index >= 15 is 0 Å². The minimum Gasteiger partial charge on any atom is -0.465 e. The third kappa shape index (κ3) is 3.80. The average molecular weight is 343 g/mol. The van der Waals surface area contributed by atoms with Crippen LogP contribution < -0.4 is 0 Å². The Hall–Kier alpha value is -1.66. The van der Waals surface area contributed by atoms with E-state index in [4.69, 9.17) is 4.42 Å². The molecule has 6 heteroatoms. The van der Waals surface area contributed by atoms with E-state index < -0.39 is 0 Å². The van der Waals surface area contributed by atoms with Crippen molar-refractivity contribution in [2.24, 2.45) is 0 Å². The molecule has 2 aliphatic rings. The molecule has 0 atom stereocenters. The maximum absolute atomic E-state index is 5.72. The minimum atomic E-state index is 0.540. The van der Waals surface area contributed by atoms with E-state index in [-0.39, 0.29) is 0 Å². The monoisotopic (exact) mass is 343 g/mol. The first kappa shape index (κ1) is 16.8. The summed E-state index contributed by atoms with van der Waals surface area (Å²) in [4.78, 5) is 4.67. The maximum Gasteiger partial charge on any atom is 0.147 e. The lowest BCUT2D eigenvalue weighted by molar-refractivity contribution is 0.186. The highest BCUT2D eigenvalue weighted by Gasteiger charge is 2.33. The van der Waals surface area contributed by atoms with Crippen LogP contribution in [0.3, 0.4) is 0 Å². The number of likely N-dealkylation sites (tertiary alicyclic amines) is 1. The van der Waals surface area contributed by atoms with Crippen molar-refractivity contribution in [1.29, 1.82) is 0 Å². The molecule has 0 radical (unpaired) electrons. The Morgan fingerprint density at radius 3 is 2.48 bits per heavy atom. The molecular formula is C19H29N5O. The summed E-state index contributed by atoms with van der Waals surface area (Å²) in [5.74, 6) is 4.98. The first-order valence-electron chi connectivity index (χ1n) is 9.46. The fourth-order valence-electron chi connectivity index (χ4n) is 3.88. The predicted molar refractivity (Wildman–Crippen MR) is 96.4 cm³/mol. The van der Waals surface area contributed by atoms with Crippen LogP contribution in [0.15, 0.2) is 16.5 Å². The van der Waals surface area contributed by atoms with Gasteiger partial charge in [0.1, 0.15) is 23.2 Å². The van der Waals surface area contributed by atoms with Gasteiger partial charge in [0.25, 0.3) is 0 Å². The van der Waals surface area contributed by atoms with Gasteiger partial charge in [0.15, 0.2) is 0 Å². The van der Waals surface area contributed by atoms with Crippen LogP contribution in [0.2, 0.25) is 0 Å². The molecule has 0 unspecified atom stereocenters. The Morgan fingerprint density at radius 1 is 1.12 bits per heavy atom. The molecule has 4 rings (SSSR count). The van der Waals surface area contributed by atoms with Gasteiger partial charge in [-0.25, -0.2) is 0 Å². The van der Waals surface area contributed by atoms with Crippen molar-refractivity contribution in [1.82, 2.24) is 24.6 Å². The Kier molecular flexibility index (Phi) is 4.65. The summed E-state index contributed by atoms with van der Waals surface area (Å²) in [5, 5.41) is 9.14. The molecule has 2 fully saturated rings. The van der Waals surface area contributed by atoms with Crippen LogP contribution in [0.4, 0.5) is 0 Å². The largest absolute Gasteiger partial charge is 0.465 e. The van der Waals surface area contributed by atoms with Gasteiger partial charge >= 0.3 is 0 Å². The van der Waals surface area contributed by atoms with Crippen LogP contribution in [0.5, 0.6) is 0 Å². The summed E-state index contributed by atoms with van der Waals surface area (Å²) in [6.07, 6.45) is 4.88. The Labute approximate surface area is 149 Å². The quantitative estimate of drug-likeness (QED) is 0.807. The highest BCUT2D eigenvalue weighted by atomic mass is 16.3. The van der Waals surface area contributed by atoms with Crippen LogP contribution in [0.1, 0.15) is 60.8 Å². The van der Waals surface area contributed by atoms with Crippen molar-refractivity contribution in [2.75, 3.05) is 27.2 Å². The Balaban J connectivity index is 1.41. The van der Waals surface area contributed by atoms with Crippen molar-refractivity contribution in [2.45, 2.75) is 57.7 Å². The van der Waals surface area contributed by atoms with Gasteiger partial charge in [0.2, 0.25) is 0 Å². The van der Waals surface area contributed by atoms with E-state index in [1.165, 1.54) is 18.7 Å². The lowest BCUT2D eigenvalue weighted by Gasteiger charge is -2.31. The number of hydrogen-bond donors (Lipinski definition) is 0. The molecule has 0 spiro atoms. The smallest absolute Gasteiger partial charge is 0.147 e. The van der Waals surface area contributed by atoms with E-state index in [2.05, 4.69) is 44.7 Å². The number of rotatable bonds is 6. The first-order valence-corrected chi connectivity index (χ1v) is 9.46. The molecular weight excluding hydrogens is 314 g/mol. The zero-order valence-electron chi connectivity index (χ0n) is 15.6. The molecule has 0 N–H and O–H groups in total. The third-order valence-corrected chi connectivity index (χ3v) is 5.29. The lowest BCUT2D eigenvalue weighted by Crippen LogP contribution is -2.33. The molecule has 1 aliphatic carbocycles. The molecule has 1 saturated heterocycles. The van der Waals surface area contributed by atoms with Gasteiger partial charge in [-0.2, -0.15) is 0 Å². The molecule has 136 valence electrons. The van der Waals surface area contributed by atoms with Crippen LogP contribution >= 0.6 is 0 Å². The van der Waals surface area contributed by atoms with Gasteiger partial charge in [0.05, 0.1) is 13.1 Å². The molecule has 0 aromatic carbocycles. The normalized spacial score (nSPS) is 19.8. The van der Waals surface area contributed by atoms with Crippen LogP contribution in [0.25, 0.3) is 0 Å². The predicted octanol–water partition coefficient (Wildman–Crippen LogP) is 2.96. The molecule has 25 heavy (non-hydrogen) atoms. The van der Waals surface area contributed by atoms with Crippen molar-refractivity contribution in [3.63, 3.8) is 0 Å². The van der Waals surface area contributed by atoms with Gasteiger partial charge < -0.3 is 13.9 Å². The number of hydrogen-bond acceptors (Lipinski definition) is 5. The first-order chi connectivity index (χ1) is 12.1. The second-order valence-electron chi connectivity index (χ2n) is 7.88. The second-order valence-corrected chi connectivity index (χ2v) is 7.88. The van der Waals surface area contributed by atoms with Gasteiger partial charge in [-0.1, -0.05) is 0 Å².